The summed E-state index contributed by atoms with van der Waals surface area (Å²) in [6.45, 7) is 1.06. The number of aromatic amines is 1. The number of carbonyl (C=O) groups is 1. The number of fused-ring (bicyclic) bond motifs is 1. The summed E-state index contributed by atoms with van der Waals surface area (Å²) < 4.78 is 26.8. The summed E-state index contributed by atoms with van der Waals surface area (Å²) in [5, 5.41) is 0. The van der Waals surface area contributed by atoms with Gasteiger partial charge in [0.25, 0.3) is 5.91 Å². The second-order valence-electron chi connectivity index (χ2n) is 6.39. The molecule has 0 unspecified atom stereocenters. The minimum atomic E-state index is -0.741. The van der Waals surface area contributed by atoms with Crippen LogP contribution < -0.4 is 0 Å². The quantitative estimate of drug-likeness (QED) is 0.769. The Labute approximate surface area is 143 Å². The summed E-state index contributed by atoms with van der Waals surface area (Å²) in [7, 11) is 0. The zero-order valence-electron chi connectivity index (χ0n) is 13.5. The predicted molar refractivity (Wildman–Crippen MR) is 90.3 cm³/mol. The first-order valence-electron chi connectivity index (χ1n) is 8.30. The standard InChI is InChI=1S/C19H17F2N3O/c20-14-8-13(9-15(21)10-14)19(25)24-7-3-4-12(11-24)18-22-16-5-1-2-6-17(16)23-18/h1-2,5-6,8-10,12H,3-4,7,11H2,(H,22,23)/t12-/m1/s1. The van der Waals surface area contributed by atoms with E-state index in [0.29, 0.717) is 13.1 Å². The van der Waals surface area contributed by atoms with Crippen LogP contribution in [0.25, 0.3) is 11.0 Å². The van der Waals surface area contributed by atoms with Crippen molar-refractivity contribution < 1.29 is 13.6 Å². The average Bonchev–Trinajstić information content (AvgIpc) is 3.04. The van der Waals surface area contributed by atoms with Crippen LogP contribution in [0.3, 0.4) is 0 Å². The Balaban J connectivity index is 1.57. The number of hydrogen-bond donors (Lipinski definition) is 1. The fraction of sp³-hybridized carbons (Fsp3) is 0.263. The molecular formula is C19H17F2N3O. The van der Waals surface area contributed by atoms with Gasteiger partial charge in [-0.25, -0.2) is 13.8 Å². The van der Waals surface area contributed by atoms with Gasteiger partial charge in [0.2, 0.25) is 0 Å². The molecule has 1 amide bonds. The molecule has 1 N–H and O–H groups in total. The van der Waals surface area contributed by atoms with E-state index in [4.69, 9.17) is 0 Å². The zero-order valence-corrected chi connectivity index (χ0v) is 13.5. The average molecular weight is 341 g/mol. The number of H-pyrrole nitrogens is 1. The highest BCUT2D eigenvalue weighted by atomic mass is 19.1. The van der Waals surface area contributed by atoms with Crippen molar-refractivity contribution in [3.8, 4) is 0 Å². The van der Waals surface area contributed by atoms with Crippen LogP contribution in [-0.4, -0.2) is 33.9 Å². The van der Waals surface area contributed by atoms with Gasteiger partial charge in [-0.3, -0.25) is 4.79 Å². The number of nitrogens with one attached hydrogen (secondary N) is 1. The maximum absolute atomic E-state index is 13.4. The highest BCUT2D eigenvalue weighted by molar-refractivity contribution is 5.94. The topological polar surface area (TPSA) is 49.0 Å². The van der Waals surface area contributed by atoms with Gasteiger partial charge >= 0.3 is 0 Å². The van der Waals surface area contributed by atoms with Crippen LogP contribution in [0, 0.1) is 11.6 Å². The van der Waals surface area contributed by atoms with Crippen LogP contribution in [0.15, 0.2) is 42.5 Å². The number of para-hydroxylation sites is 2. The number of halogens is 2. The Hall–Kier alpha value is -2.76. The van der Waals surface area contributed by atoms with Crippen molar-refractivity contribution in [2.75, 3.05) is 13.1 Å². The van der Waals surface area contributed by atoms with Gasteiger partial charge in [-0.2, -0.15) is 0 Å². The normalized spacial score (nSPS) is 17.8. The molecule has 2 aromatic carbocycles. The van der Waals surface area contributed by atoms with Crippen LogP contribution in [0.4, 0.5) is 8.78 Å². The number of carbonyl (C=O) groups excluding carboxylic acids is 1. The SMILES string of the molecule is O=C(c1cc(F)cc(F)c1)N1CCC[C@@H](c2nc3ccccc3[nH]2)C1. The first-order chi connectivity index (χ1) is 12.1. The second-order valence-corrected chi connectivity index (χ2v) is 6.39. The maximum atomic E-state index is 13.4. The molecule has 3 aromatic rings. The van der Waals surface area contributed by atoms with Gasteiger partial charge < -0.3 is 9.88 Å². The highest BCUT2D eigenvalue weighted by Crippen LogP contribution is 2.27. The molecule has 0 aliphatic carbocycles. The summed E-state index contributed by atoms with van der Waals surface area (Å²) in [5.41, 5.74) is 1.91. The Kier molecular flexibility index (Phi) is 3.95. The molecule has 1 aliphatic rings. The van der Waals surface area contributed by atoms with Crippen molar-refractivity contribution in [1.29, 1.82) is 0 Å². The van der Waals surface area contributed by atoms with Crippen molar-refractivity contribution in [2.45, 2.75) is 18.8 Å². The third kappa shape index (κ3) is 3.12. The van der Waals surface area contributed by atoms with Gasteiger partial charge in [-0.15, -0.1) is 0 Å². The molecule has 6 heteroatoms. The van der Waals surface area contributed by atoms with Crippen molar-refractivity contribution in [2.24, 2.45) is 0 Å². The lowest BCUT2D eigenvalue weighted by Crippen LogP contribution is -2.39. The molecule has 1 fully saturated rings. The molecule has 0 spiro atoms. The molecule has 128 valence electrons. The fourth-order valence-electron chi connectivity index (χ4n) is 3.41. The molecule has 1 aliphatic heterocycles. The number of nitrogens with zero attached hydrogens (tertiary/aromatic N) is 2. The molecule has 1 aromatic heterocycles. The molecule has 0 radical (unpaired) electrons. The van der Waals surface area contributed by atoms with Crippen LogP contribution >= 0.6 is 0 Å². The molecule has 25 heavy (non-hydrogen) atoms. The first kappa shape index (κ1) is 15.7. The number of aromatic nitrogens is 2. The van der Waals surface area contributed by atoms with Gasteiger partial charge in [0.1, 0.15) is 17.5 Å². The minimum absolute atomic E-state index is 0.0442. The van der Waals surface area contributed by atoms with Crippen molar-refractivity contribution in [1.82, 2.24) is 14.9 Å². The molecule has 4 nitrogen and oxygen atoms in total. The Morgan fingerprint density at radius 1 is 1.16 bits per heavy atom. The largest absolute Gasteiger partial charge is 0.342 e. The van der Waals surface area contributed by atoms with E-state index in [0.717, 1.165) is 47.9 Å². The number of benzene rings is 2. The Bertz CT molecular complexity index is 884. The van der Waals surface area contributed by atoms with Crippen LogP contribution in [0.5, 0.6) is 0 Å². The minimum Gasteiger partial charge on any atom is -0.342 e. The molecule has 0 bridgehead atoms. The van der Waals surface area contributed by atoms with Gasteiger partial charge in [0.05, 0.1) is 11.0 Å². The van der Waals surface area contributed by atoms with E-state index >= 15 is 0 Å². The maximum Gasteiger partial charge on any atom is 0.254 e. The Morgan fingerprint density at radius 2 is 1.92 bits per heavy atom. The number of rotatable bonds is 2. The van der Waals surface area contributed by atoms with Crippen LogP contribution in [-0.2, 0) is 0 Å². The zero-order chi connectivity index (χ0) is 17.4. The summed E-state index contributed by atoms with van der Waals surface area (Å²) in [4.78, 5) is 22.2. The van der Waals surface area contributed by atoms with E-state index in [1.54, 1.807) is 4.90 Å². The molecule has 1 atom stereocenters. The molecule has 2 heterocycles. The van der Waals surface area contributed by atoms with E-state index in [1.807, 2.05) is 24.3 Å². The van der Waals surface area contributed by atoms with Crippen molar-refractivity contribution in [3.05, 3.63) is 65.5 Å². The number of imidazole rings is 1. The van der Waals surface area contributed by atoms with Crippen LogP contribution in [0.1, 0.15) is 34.9 Å². The number of hydrogen-bond acceptors (Lipinski definition) is 2. The third-order valence-electron chi connectivity index (χ3n) is 4.61. The second kappa shape index (κ2) is 6.27. The number of amides is 1. The summed E-state index contributed by atoms with van der Waals surface area (Å²) in [5.74, 6) is -0.893. The monoisotopic (exact) mass is 341 g/mol. The van der Waals surface area contributed by atoms with E-state index in [-0.39, 0.29) is 17.4 Å². The lowest BCUT2D eigenvalue weighted by molar-refractivity contribution is 0.0704. The van der Waals surface area contributed by atoms with E-state index < -0.39 is 11.6 Å². The highest BCUT2D eigenvalue weighted by Gasteiger charge is 2.27. The van der Waals surface area contributed by atoms with E-state index in [9.17, 15) is 13.6 Å². The summed E-state index contributed by atoms with van der Waals surface area (Å²) in [6.07, 6.45) is 1.74. The third-order valence-corrected chi connectivity index (χ3v) is 4.61. The number of likely N-dealkylation sites (tertiary alicyclic amines) is 1. The van der Waals surface area contributed by atoms with Gasteiger partial charge in [0, 0.05) is 30.6 Å². The van der Waals surface area contributed by atoms with E-state index in [1.165, 1.54) is 0 Å². The molecule has 1 saturated heterocycles. The van der Waals surface area contributed by atoms with Gasteiger partial charge in [0.15, 0.2) is 0 Å². The fourth-order valence-corrected chi connectivity index (χ4v) is 3.41. The lowest BCUT2D eigenvalue weighted by Gasteiger charge is -2.32. The summed E-state index contributed by atoms with van der Waals surface area (Å²) >= 11 is 0. The lowest BCUT2D eigenvalue weighted by atomic mass is 9.96. The van der Waals surface area contributed by atoms with Crippen molar-refractivity contribution >= 4 is 16.9 Å². The van der Waals surface area contributed by atoms with Gasteiger partial charge in [-0.05, 0) is 37.1 Å². The molecular weight excluding hydrogens is 324 g/mol. The van der Waals surface area contributed by atoms with Crippen molar-refractivity contribution in [3.63, 3.8) is 0 Å². The smallest absolute Gasteiger partial charge is 0.254 e. The molecule has 0 saturated carbocycles. The van der Waals surface area contributed by atoms with Crippen LogP contribution in [0.2, 0.25) is 0 Å². The van der Waals surface area contributed by atoms with Gasteiger partial charge in [-0.1, -0.05) is 12.1 Å². The number of piperidine rings is 1. The Morgan fingerprint density at radius 3 is 2.68 bits per heavy atom. The molecule has 4 rings (SSSR count). The summed E-state index contributed by atoms with van der Waals surface area (Å²) in [6, 6.07) is 10.7. The predicted octanol–water partition coefficient (Wildman–Crippen LogP) is 3.86. The first-order valence-corrected chi connectivity index (χ1v) is 8.30. The van der Waals surface area contributed by atoms with E-state index in [2.05, 4.69) is 9.97 Å².